The number of amides is 1. The van der Waals surface area contributed by atoms with Crippen LogP contribution in [0, 0.1) is 11.8 Å². The molecule has 94 valence electrons. The molecule has 1 fully saturated rings. The van der Waals surface area contributed by atoms with Gasteiger partial charge in [-0.15, -0.1) is 0 Å². The number of nitrogens with one attached hydrogen (secondary N) is 2. The van der Waals surface area contributed by atoms with Crippen LogP contribution in [-0.2, 0) is 4.79 Å². The summed E-state index contributed by atoms with van der Waals surface area (Å²) in [5.41, 5.74) is 0.840. The third kappa shape index (κ3) is 3.33. The molecule has 0 unspecified atom stereocenters. The molecule has 0 aliphatic heterocycles. The predicted molar refractivity (Wildman–Crippen MR) is 66.6 cm³/mol. The van der Waals surface area contributed by atoms with E-state index >= 15 is 0 Å². The van der Waals surface area contributed by atoms with Gasteiger partial charge in [-0.25, -0.2) is 0 Å². The van der Waals surface area contributed by atoms with Gasteiger partial charge in [-0.3, -0.25) is 4.79 Å². The Labute approximate surface area is 101 Å². The Bertz CT molecular complexity index is 340. The lowest BCUT2D eigenvalue weighted by molar-refractivity contribution is -0.121. The molecule has 1 aromatic heterocycles. The molecule has 0 aromatic carbocycles. The van der Waals surface area contributed by atoms with Crippen molar-refractivity contribution in [2.75, 3.05) is 11.9 Å². The molecular formula is C13H20N2O2. The third-order valence-corrected chi connectivity index (χ3v) is 3.62. The fourth-order valence-electron chi connectivity index (χ4n) is 2.54. The smallest absolute Gasteiger partial charge is 0.227 e. The molecule has 0 saturated heterocycles. The molecule has 0 radical (unpaired) electrons. The molecule has 3 N–H and O–H groups in total. The molecule has 0 bridgehead atoms. The summed E-state index contributed by atoms with van der Waals surface area (Å²) in [5, 5.41) is 11.8. The van der Waals surface area contributed by atoms with Crippen molar-refractivity contribution in [1.29, 1.82) is 0 Å². The molecule has 4 nitrogen and oxygen atoms in total. The summed E-state index contributed by atoms with van der Waals surface area (Å²) in [6.45, 7) is 0.269. The van der Waals surface area contributed by atoms with Crippen LogP contribution in [0.5, 0.6) is 0 Å². The van der Waals surface area contributed by atoms with Crippen LogP contribution in [0.1, 0.15) is 32.1 Å². The van der Waals surface area contributed by atoms with E-state index in [1.807, 2.05) is 6.07 Å². The van der Waals surface area contributed by atoms with E-state index < -0.39 is 0 Å². The number of aliphatic hydroxyl groups is 1. The summed E-state index contributed by atoms with van der Waals surface area (Å²) >= 11 is 0. The van der Waals surface area contributed by atoms with Gasteiger partial charge < -0.3 is 15.4 Å². The van der Waals surface area contributed by atoms with Gasteiger partial charge in [0.2, 0.25) is 5.91 Å². The number of aliphatic hydroxyl groups excluding tert-OH is 1. The highest BCUT2D eigenvalue weighted by molar-refractivity contribution is 5.92. The van der Waals surface area contributed by atoms with Gasteiger partial charge >= 0.3 is 0 Å². The highest BCUT2D eigenvalue weighted by Gasteiger charge is 2.25. The highest BCUT2D eigenvalue weighted by atomic mass is 16.3. The molecule has 1 aliphatic rings. The first-order chi connectivity index (χ1) is 8.29. The summed E-state index contributed by atoms with van der Waals surface area (Å²) < 4.78 is 0. The van der Waals surface area contributed by atoms with Crippen LogP contribution in [-0.4, -0.2) is 22.6 Å². The van der Waals surface area contributed by atoms with Crippen LogP contribution in [0.15, 0.2) is 18.5 Å². The van der Waals surface area contributed by atoms with E-state index in [0.717, 1.165) is 37.8 Å². The summed E-state index contributed by atoms with van der Waals surface area (Å²) in [6.07, 6.45) is 8.48. The first-order valence-corrected chi connectivity index (χ1v) is 6.34. The second kappa shape index (κ2) is 5.87. The molecule has 1 saturated carbocycles. The fourth-order valence-corrected chi connectivity index (χ4v) is 2.54. The second-order valence-corrected chi connectivity index (χ2v) is 4.82. The fraction of sp³-hybridized carbons (Fsp3) is 0.615. The maximum Gasteiger partial charge on any atom is 0.227 e. The minimum Gasteiger partial charge on any atom is -0.396 e. The lowest BCUT2D eigenvalue weighted by Crippen LogP contribution is -2.27. The van der Waals surface area contributed by atoms with Gasteiger partial charge in [0.1, 0.15) is 0 Å². The summed E-state index contributed by atoms with van der Waals surface area (Å²) in [6, 6.07) is 1.86. The number of aromatic amines is 1. The molecule has 17 heavy (non-hydrogen) atoms. The molecule has 1 heterocycles. The standard InChI is InChI=1S/C13H20N2O2/c16-8-6-10-1-3-11(4-2-10)13(17)15-12-5-7-14-9-12/h5,7,9-11,14,16H,1-4,6,8H2,(H,15,17). The number of hydrogen-bond acceptors (Lipinski definition) is 2. The van der Waals surface area contributed by atoms with Gasteiger partial charge in [0, 0.05) is 24.9 Å². The van der Waals surface area contributed by atoms with Gasteiger partial charge in [0.15, 0.2) is 0 Å². The number of carbonyl (C=O) groups excluding carboxylic acids is 1. The number of anilines is 1. The average Bonchev–Trinajstić information content (AvgIpc) is 2.83. The average molecular weight is 236 g/mol. The second-order valence-electron chi connectivity index (χ2n) is 4.82. The van der Waals surface area contributed by atoms with Crippen molar-refractivity contribution in [3.63, 3.8) is 0 Å². The number of hydrogen-bond donors (Lipinski definition) is 3. The molecule has 1 aromatic rings. The third-order valence-electron chi connectivity index (χ3n) is 3.62. The maximum atomic E-state index is 12.0. The van der Waals surface area contributed by atoms with Crippen LogP contribution >= 0.6 is 0 Å². The Hall–Kier alpha value is -1.29. The van der Waals surface area contributed by atoms with E-state index in [-0.39, 0.29) is 18.4 Å². The van der Waals surface area contributed by atoms with Crippen molar-refractivity contribution in [2.24, 2.45) is 11.8 Å². The quantitative estimate of drug-likeness (QED) is 0.750. The largest absolute Gasteiger partial charge is 0.396 e. The van der Waals surface area contributed by atoms with Crippen LogP contribution < -0.4 is 5.32 Å². The minimum absolute atomic E-state index is 0.132. The van der Waals surface area contributed by atoms with Crippen LogP contribution in [0.2, 0.25) is 0 Å². The van der Waals surface area contributed by atoms with Crippen molar-refractivity contribution >= 4 is 11.6 Å². The van der Waals surface area contributed by atoms with E-state index in [1.165, 1.54) is 0 Å². The van der Waals surface area contributed by atoms with Crippen LogP contribution in [0.4, 0.5) is 5.69 Å². The summed E-state index contributed by atoms with van der Waals surface area (Å²) in [7, 11) is 0. The predicted octanol–water partition coefficient (Wildman–Crippen LogP) is 2.14. The lowest BCUT2D eigenvalue weighted by atomic mass is 9.80. The zero-order valence-corrected chi connectivity index (χ0v) is 9.98. The molecular weight excluding hydrogens is 216 g/mol. The Morgan fingerprint density at radius 3 is 2.76 bits per heavy atom. The van der Waals surface area contributed by atoms with Gasteiger partial charge in [0.05, 0.1) is 5.69 Å². The topological polar surface area (TPSA) is 65.1 Å². The first kappa shape index (κ1) is 12.2. The molecule has 1 amide bonds. The highest BCUT2D eigenvalue weighted by Crippen LogP contribution is 2.31. The Balaban J connectivity index is 1.78. The lowest BCUT2D eigenvalue weighted by Gasteiger charge is -2.27. The van der Waals surface area contributed by atoms with E-state index in [9.17, 15) is 4.79 Å². The first-order valence-electron chi connectivity index (χ1n) is 6.34. The van der Waals surface area contributed by atoms with Gasteiger partial charge in [-0.05, 0) is 44.1 Å². The van der Waals surface area contributed by atoms with E-state index in [4.69, 9.17) is 5.11 Å². The van der Waals surface area contributed by atoms with Gasteiger partial charge in [-0.2, -0.15) is 0 Å². The van der Waals surface area contributed by atoms with E-state index in [1.54, 1.807) is 12.4 Å². The molecule has 4 heteroatoms. The monoisotopic (exact) mass is 236 g/mol. The van der Waals surface area contributed by atoms with Crippen LogP contribution in [0.3, 0.4) is 0 Å². The van der Waals surface area contributed by atoms with Crippen molar-refractivity contribution in [2.45, 2.75) is 32.1 Å². The normalized spacial score (nSPS) is 24.5. The van der Waals surface area contributed by atoms with Crippen LogP contribution in [0.25, 0.3) is 0 Å². The maximum absolute atomic E-state index is 12.0. The Morgan fingerprint density at radius 1 is 1.41 bits per heavy atom. The van der Waals surface area contributed by atoms with Crippen molar-refractivity contribution in [3.05, 3.63) is 18.5 Å². The van der Waals surface area contributed by atoms with Gasteiger partial charge in [0.25, 0.3) is 0 Å². The van der Waals surface area contributed by atoms with E-state index in [2.05, 4.69) is 10.3 Å². The van der Waals surface area contributed by atoms with Crippen molar-refractivity contribution in [3.8, 4) is 0 Å². The van der Waals surface area contributed by atoms with Crippen molar-refractivity contribution in [1.82, 2.24) is 4.98 Å². The molecule has 0 spiro atoms. The Morgan fingerprint density at radius 2 is 2.18 bits per heavy atom. The molecule has 2 rings (SSSR count). The molecule has 1 aliphatic carbocycles. The number of carbonyl (C=O) groups is 1. The summed E-state index contributed by atoms with van der Waals surface area (Å²) in [4.78, 5) is 14.9. The SMILES string of the molecule is O=C(Nc1cc[nH]c1)C1CCC(CCO)CC1. The zero-order valence-electron chi connectivity index (χ0n) is 9.98. The van der Waals surface area contributed by atoms with E-state index in [0.29, 0.717) is 5.92 Å². The molecule has 0 atom stereocenters. The number of aromatic nitrogens is 1. The minimum atomic E-state index is 0.132. The number of rotatable bonds is 4. The summed E-state index contributed by atoms with van der Waals surface area (Å²) in [5.74, 6) is 0.878. The Kier molecular flexibility index (Phi) is 4.20. The zero-order chi connectivity index (χ0) is 12.1. The van der Waals surface area contributed by atoms with Gasteiger partial charge in [-0.1, -0.05) is 0 Å². The number of H-pyrrole nitrogens is 1. The van der Waals surface area contributed by atoms with Crippen molar-refractivity contribution < 1.29 is 9.90 Å².